The van der Waals surface area contributed by atoms with Crippen LogP contribution in [0, 0.1) is 0 Å². The smallest absolute Gasteiger partial charge is 0.230 e. The number of rotatable bonds is 8. The molecule has 3 heterocycles. The fraction of sp³-hybridized carbons (Fsp3) is 0.706. The largest absolute Gasteiger partial charge is 0.424 e. The van der Waals surface area contributed by atoms with Crippen LogP contribution in [0.3, 0.4) is 0 Å². The monoisotopic (exact) mass is 346 g/mol. The Morgan fingerprint density at radius 1 is 1.32 bits per heavy atom. The van der Waals surface area contributed by atoms with Gasteiger partial charge in [-0.05, 0) is 38.9 Å². The molecule has 2 atom stereocenters. The lowest BCUT2D eigenvalue weighted by atomic mass is 10.2. The van der Waals surface area contributed by atoms with E-state index in [1.807, 2.05) is 12.3 Å². The van der Waals surface area contributed by atoms with Crippen LogP contribution in [0.4, 0.5) is 0 Å². The van der Waals surface area contributed by atoms with Crippen LogP contribution in [-0.4, -0.2) is 73.7 Å². The summed E-state index contributed by atoms with van der Waals surface area (Å²) in [5.74, 6) is 2.02. The molecule has 1 aliphatic carbocycles. The lowest BCUT2D eigenvalue weighted by molar-refractivity contribution is 0.101. The fourth-order valence-electron chi connectivity index (χ4n) is 3.49. The van der Waals surface area contributed by atoms with E-state index in [2.05, 4.69) is 32.1 Å². The van der Waals surface area contributed by atoms with E-state index in [0.29, 0.717) is 37.5 Å². The Kier molecular flexibility index (Phi) is 4.82. The van der Waals surface area contributed by atoms with Crippen LogP contribution in [0.15, 0.2) is 22.9 Å². The molecule has 0 radical (unpaired) electrons. The van der Waals surface area contributed by atoms with Crippen LogP contribution in [0.1, 0.15) is 37.0 Å². The minimum atomic E-state index is -0.402. The third-order valence-electron chi connectivity index (χ3n) is 5.09. The van der Waals surface area contributed by atoms with E-state index < -0.39 is 6.10 Å². The predicted molar refractivity (Wildman–Crippen MR) is 90.8 cm³/mol. The molecule has 1 N–H and O–H groups in total. The average Bonchev–Trinajstić information content (AvgIpc) is 3.00. The lowest BCUT2D eigenvalue weighted by Crippen LogP contribution is -2.37. The normalized spacial score (nSPS) is 22.8. The molecular weight excluding hydrogens is 320 g/mol. The Morgan fingerprint density at radius 2 is 2.20 bits per heavy atom. The van der Waals surface area contributed by atoms with Crippen molar-refractivity contribution in [1.82, 2.24) is 29.8 Å². The van der Waals surface area contributed by atoms with E-state index in [1.165, 1.54) is 12.8 Å². The van der Waals surface area contributed by atoms with Crippen molar-refractivity contribution in [2.45, 2.75) is 50.4 Å². The van der Waals surface area contributed by atoms with Crippen molar-refractivity contribution < 1.29 is 9.52 Å². The van der Waals surface area contributed by atoms with E-state index in [1.54, 1.807) is 10.9 Å². The maximum absolute atomic E-state index is 10.3. The first-order valence-electron chi connectivity index (χ1n) is 9.07. The van der Waals surface area contributed by atoms with Crippen LogP contribution in [0.2, 0.25) is 0 Å². The summed E-state index contributed by atoms with van der Waals surface area (Å²) < 4.78 is 7.54. The van der Waals surface area contributed by atoms with Crippen molar-refractivity contribution in [3.63, 3.8) is 0 Å². The zero-order valence-electron chi connectivity index (χ0n) is 14.7. The van der Waals surface area contributed by atoms with E-state index >= 15 is 0 Å². The topological polar surface area (TPSA) is 83.5 Å². The van der Waals surface area contributed by atoms with Crippen molar-refractivity contribution in [2.75, 3.05) is 26.7 Å². The van der Waals surface area contributed by atoms with E-state index in [4.69, 9.17) is 4.42 Å². The number of aromatic nitrogens is 4. The Bertz CT molecular complexity index is 668. The van der Waals surface area contributed by atoms with Gasteiger partial charge in [-0.15, -0.1) is 10.2 Å². The molecule has 1 aliphatic heterocycles. The molecule has 2 fully saturated rings. The summed E-state index contributed by atoms with van der Waals surface area (Å²) >= 11 is 0. The zero-order chi connectivity index (χ0) is 17.2. The fourth-order valence-corrected chi connectivity index (χ4v) is 3.49. The van der Waals surface area contributed by atoms with E-state index in [-0.39, 0.29) is 0 Å². The summed E-state index contributed by atoms with van der Waals surface area (Å²) in [6.07, 6.45) is 6.66. The lowest BCUT2D eigenvalue weighted by Gasteiger charge is -2.24. The van der Waals surface area contributed by atoms with Gasteiger partial charge in [0.15, 0.2) is 0 Å². The highest BCUT2D eigenvalue weighted by atomic mass is 16.4. The molecule has 4 rings (SSSR count). The molecule has 0 spiro atoms. The maximum atomic E-state index is 10.3. The second kappa shape index (κ2) is 7.23. The van der Waals surface area contributed by atoms with Gasteiger partial charge in [0, 0.05) is 37.4 Å². The van der Waals surface area contributed by atoms with Crippen molar-refractivity contribution in [1.29, 1.82) is 0 Å². The van der Waals surface area contributed by atoms with Gasteiger partial charge in [0.1, 0.15) is 0 Å². The first-order chi connectivity index (χ1) is 12.2. The van der Waals surface area contributed by atoms with Crippen LogP contribution < -0.4 is 0 Å². The number of aliphatic hydroxyl groups is 1. The first kappa shape index (κ1) is 16.7. The molecule has 0 amide bonds. The SMILES string of the molecule is CN(Cc1nnc(C2CC2)o1)[C@H]1CCN(C[C@@H](O)Cn2cccn2)C1. The van der Waals surface area contributed by atoms with Gasteiger partial charge in [-0.3, -0.25) is 14.5 Å². The highest BCUT2D eigenvalue weighted by Gasteiger charge is 2.31. The van der Waals surface area contributed by atoms with Crippen LogP contribution in [0.5, 0.6) is 0 Å². The van der Waals surface area contributed by atoms with Gasteiger partial charge in [-0.2, -0.15) is 5.10 Å². The van der Waals surface area contributed by atoms with Gasteiger partial charge >= 0.3 is 0 Å². The predicted octanol–water partition coefficient (Wildman–Crippen LogP) is 0.711. The van der Waals surface area contributed by atoms with Gasteiger partial charge in [0.05, 0.1) is 19.2 Å². The highest BCUT2D eigenvalue weighted by Crippen LogP contribution is 2.39. The molecule has 0 unspecified atom stereocenters. The Labute approximate surface area is 147 Å². The molecular formula is C17H26N6O2. The van der Waals surface area contributed by atoms with E-state index in [0.717, 1.165) is 25.4 Å². The number of β-amino-alcohol motifs (C(OH)–C–C–N with tert-alkyl or cyclic N) is 1. The standard InChI is InChI=1S/C17H26N6O2/c1-21(12-16-19-20-17(25-16)13-3-4-13)14-5-8-22(9-14)10-15(24)11-23-7-2-6-18-23/h2,6-7,13-15,24H,3-5,8-12H2,1H3/t14-,15+/m0/s1. The summed E-state index contributed by atoms with van der Waals surface area (Å²) in [6, 6.07) is 2.33. The minimum Gasteiger partial charge on any atom is -0.424 e. The number of nitrogens with zero attached hydrogens (tertiary/aromatic N) is 6. The summed E-state index contributed by atoms with van der Waals surface area (Å²) in [5, 5.41) is 22.7. The molecule has 136 valence electrons. The Morgan fingerprint density at radius 3 is 2.96 bits per heavy atom. The molecule has 1 saturated heterocycles. The van der Waals surface area contributed by atoms with Crippen LogP contribution in [-0.2, 0) is 13.1 Å². The van der Waals surface area contributed by atoms with Gasteiger partial charge in [0.2, 0.25) is 11.8 Å². The van der Waals surface area contributed by atoms with Crippen molar-refractivity contribution >= 4 is 0 Å². The van der Waals surface area contributed by atoms with Gasteiger partial charge in [0.25, 0.3) is 0 Å². The molecule has 0 aromatic carbocycles. The van der Waals surface area contributed by atoms with Gasteiger partial charge in [-0.1, -0.05) is 0 Å². The van der Waals surface area contributed by atoms with Gasteiger partial charge in [-0.25, -0.2) is 0 Å². The molecule has 2 aromatic heterocycles. The number of likely N-dealkylation sites (tertiary alicyclic amines) is 1. The molecule has 8 nitrogen and oxygen atoms in total. The minimum absolute atomic E-state index is 0.402. The Balaban J connectivity index is 1.23. The van der Waals surface area contributed by atoms with E-state index in [9.17, 15) is 5.11 Å². The summed E-state index contributed by atoms with van der Waals surface area (Å²) in [6.45, 7) is 3.86. The van der Waals surface area contributed by atoms with Crippen molar-refractivity contribution in [2.24, 2.45) is 0 Å². The van der Waals surface area contributed by atoms with Crippen LogP contribution in [0.25, 0.3) is 0 Å². The third kappa shape index (κ3) is 4.26. The average molecular weight is 346 g/mol. The van der Waals surface area contributed by atoms with Crippen LogP contribution >= 0.6 is 0 Å². The third-order valence-corrected chi connectivity index (χ3v) is 5.09. The number of hydrogen-bond acceptors (Lipinski definition) is 7. The zero-order valence-corrected chi connectivity index (χ0v) is 14.7. The second-order valence-corrected chi connectivity index (χ2v) is 7.31. The molecule has 25 heavy (non-hydrogen) atoms. The maximum Gasteiger partial charge on any atom is 0.230 e. The summed E-state index contributed by atoms with van der Waals surface area (Å²) in [5.41, 5.74) is 0. The van der Waals surface area contributed by atoms with Crippen molar-refractivity contribution in [3.8, 4) is 0 Å². The Hall–Kier alpha value is -1.77. The molecule has 2 aromatic rings. The van der Waals surface area contributed by atoms with Gasteiger partial charge < -0.3 is 9.52 Å². The summed E-state index contributed by atoms with van der Waals surface area (Å²) in [4.78, 5) is 4.60. The number of likely N-dealkylation sites (N-methyl/N-ethyl adjacent to an activating group) is 1. The summed E-state index contributed by atoms with van der Waals surface area (Å²) in [7, 11) is 2.11. The number of hydrogen-bond donors (Lipinski definition) is 1. The molecule has 2 aliphatic rings. The molecule has 1 saturated carbocycles. The quantitative estimate of drug-likeness (QED) is 0.754. The highest BCUT2D eigenvalue weighted by molar-refractivity contribution is 5.00. The molecule has 8 heteroatoms. The van der Waals surface area contributed by atoms with Crippen molar-refractivity contribution in [3.05, 3.63) is 30.2 Å². The number of aliphatic hydroxyl groups excluding tert-OH is 1. The second-order valence-electron chi connectivity index (χ2n) is 7.31. The molecule has 0 bridgehead atoms. The first-order valence-corrected chi connectivity index (χ1v) is 9.07.